The topological polar surface area (TPSA) is 98.8 Å². The molecule has 9 nitrogen and oxygen atoms in total. The number of hydrogen-bond donors (Lipinski definition) is 0. The molecule has 2 rings (SSSR count). The average Bonchev–Trinajstić information content (AvgIpc) is 3.00. The smallest absolute Gasteiger partial charge is 0.333 e. The zero-order chi connectivity index (χ0) is 31.0. The Bertz CT molecular complexity index is 1040. The molecule has 0 amide bonds. The number of benzene rings is 2. The van der Waals surface area contributed by atoms with Crippen molar-refractivity contribution < 1.29 is 42.7 Å². The average molecular weight is 601 g/mol. The highest BCUT2D eigenvalue weighted by Crippen LogP contribution is 2.19. The van der Waals surface area contributed by atoms with Gasteiger partial charge >= 0.3 is 11.9 Å². The quantitative estimate of drug-likeness (QED) is 0.0735. The number of hydrogen-bond acceptors (Lipinski definition) is 9. The molecule has 0 saturated heterocycles. The zero-order valence-electron chi connectivity index (χ0n) is 25.8. The molecule has 0 fully saturated rings. The lowest BCUT2D eigenvalue weighted by atomic mass is 10.1. The molecule has 0 aromatic heterocycles. The first kappa shape index (κ1) is 35.6. The summed E-state index contributed by atoms with van der Waals surface area (Å²) in [4.78, 5) is 23.9. The van der Waals surface area contributed by atoms with E-state index in [9.17, 15) is 9.59 Å². The summed E-state index contributed by atoms with van der Waals surface area (Å²) in [5.74, 6) is 1.60. The number of rotatable bonds is 25. The first-order chi connectivity index (χ1) is 21.0. The first-order valence-electron chi connectivity index (χ1n) is 15.2. The first-order valence-corrected chi connectivity index (χ1v) is 15.2. The minimum atomic E-state index is -0.510. The summed E-state index contributed by atoms with van der Waals surface area (Å²) < 4.78 is 39.2. The summed E-state index contributed by atoms with van der Waals surface area (Å²) in [5, 5.41) is 0. The van der Waals surface area contributed by atoms with E-state index >= 15 is 0 Å². The number of carbonyl (C=O) groups excluding carboxylic acids is 2. The molecule has 1 unspecified atom stereocenters. The molecule has 0 N–H and O–H groups in total. The fourth-order valence-electron chi connectivity index (χ4n) is 3.84. The fourth-order valence-corrected chi connectivity index (χ4v) is 3.84. The molecule has 0 spiro atoms. The van der Waals surface area contributed by atoms with E-state index in [-0.39, 0.29) is 25.2 Å². The van der Waals surface area contributed by atoms with Gasteiger partial charge in [0, 0.05) is 31.3 Å². The van der Waals surface area contributed by atoms with Crippen LogP contribution in [0.15, 0.2) is 66.7 Å². The Morgan fingerprint density at radius 1 is 0.698 bits per heavy atom. The van der Waals surface area contributed by atoms with Gasteiger partial charge in [0.25, 0.3) is 0 Å². The molecule has 1 atom stereocenters. The maximum atomic E-state index is 12.5. The second-order valence-corrected chi connectivity index (χ2v) is 9.97. The van der Waals surface area contributed by atoms with Crippen LogP contribution in [0.2, 0.25) is 0 Å². The third kappa shape index (κ3) is 17.9. The molecular formula is C34H48O9. The van der Waals surface area contributed by atoms with Gasteiger partial charge in [0.15, 0.2) is 6.10 Å². The highest BCUT2D eigenvalue weighted by Gasteiger charge is 2.16. The molecule has 0 radical (unpaired) electrons. The van der Waals surface area contributed by atoms with Crippen LogP contribution in [-0.2, 0) is 28.5 Å². The van der Waals surface area contributed by atoms with Gasteiger partial charge < -0.3 is 33.2 Å². The molecule has 2 aromatic rings. The Morgan fingerprint density at radius 3 is 2.12 bits per heavy atom. The molecule has 0 bridgehead atoms. The van der Waals surface area contributed by atoms with Crippen molar-refractivity contribution in [3.63, 3.8) is 0 Å². The monoisotopic (exact) mass is 600 g/mol. The standard InChI is InChI=1S/C34H48O9/c1-4-39-30-17-14-18-31(25-30)40-24-23-37-20-12-13-21-38-26-32(27-42-29-15-8-7-9-16-29)43-33(35)19-10-5-6-11-22-41-34(36)28(2)3/h7-9,14-18,25,32H,2,4-6,10-13,19-24,26-27H2,1,3H3. The highest BCUT2D eigenvalue weighted by atomic mass is 16.6. The van der Waals surface area contributed by atoms with Gasteiger partial charge in [0.1, 0.15) is 30.5 Å². The Labute approximate surface area is 256 Å². The maximum absolute atomic E-state index is 12.5. The van der Waals surface area contributed by atoms with Crippen LogP contribution >= 0.6 is 0 Å². The molecule has 0 aliphatic heterocycles. The predicted octanol–water partition coefficient (Wildman–Crippen LogP) is 6.34. The number of para-hydroxylation sites is 1. The number of carbonyl (C=O) groups is 2. The van der Waals surface area contributed by atoms with Crippen molar-refractivity contribution in [2.24, 2.45) is 0 Å². The van der Waals surface area contributed by atoms with Gasteiger partial charge in [-0.1, -0.05) is 43.7 Å². The van der Waals surface area contributed by atoms with E-state index in [0.717, 1.165) is 43.6 Å². The summed E-state index contributed by atoms with van der Waals surface area (Å²) in [6.45, 7) is 10.7. The van der Waals surface area contributed by atoms with E-state index in [2.05, 4.69) is 6.58 Å². The van der Waals surface area contributed by atoms with E-state index in [4.69, 9.17) is 33.2 Å². The lowest BCUT2D eigenvalue weighted by molar-refractivity contribution is -0.154. The third-order valence-electron chi connectivity index (χ3n) is 6.08. The van der Waals surface area contributed by atoms with E-state index in [1.54, 1.807) is 6.92 Å². The Hall–Kier alpha value is -3.56. The van der Waals surface area contributed by atoms with Crippen molar-refractivity contribution in [1.29, 1.82) is 0 Å². The van der Waals surface area contributed by atoms with Crippen molar-refractivity contribution in [2.75, 3.05) is 52.9 Å². The van der Waals surface area contributed by atoms with Crippen LogP contribution in [0.3, 0.4) is 0 Å². The highest BCUT2D eigenvalue weighted by molar-refractivity contribution is 5.86. The van der Waals surface area contributed by atoms with Crippen LogP contribution < -0.4 is 14.2 Å². The van der Waals surface area contributed by atoms with Crippen LogP contribution in [0.4, 0.5) is 0 Å². The Kier molecular flexibility index (Phi) is 19.0. The number of ether oxygens (including phenoxy) is 7. The minimum absolute atomic E-state index is 0.209. The van der Waals surface area contributed by atoms with Crippen molar-refractivity contribution >= 4 is 11.9 Å². The van der Waals surface area contributed by atoms with E-state index in [0.29, 0.717) is 63.8 Å². The van der Waals surface area contributed by atoms with E-state index in [1.165, 1.54) is 0 Å². The molecule has 2 aromatic carbocycles. The summed E-state index contributed by atoms with van der Waals surface area (Å²) in [5.41, 5.74) is 0.393. The Morgan fingerprint density at radius 2 is 1.37 bits per heavy atom. The predicted molar refractivity (Wildman–Crippen MR) is 165 cm³/mol. The van der Waals surface area contributed by atoms with Crippen molar-refractivity contribution in [2.45, 2.75) is 64.9 Å². The van der Waals surface area contributed by atoms with Crippen LogP contribution in [0, 0.1) is 0 Å². The summed E-state index contributed by atoms with van der Waals surface area (Å²) >= 11 is 0. The molecule has 0 heterocycles. The molecule has 9 heteroatoms. The van der Waals surface area contributed by atoms with Gasteiger partial charge in [0.05, 0.1) is 26.4 Å². The van der Waals surface area contributed by atoms with Crippen LogP contribution in [0.1, 0.15) is 58.8 Å². The summed E-state index contributed by atoms with van der Waals surface area (Å²) in [6, 6.07) is 17.0. The van der Waals surface area contributed by atoms with E-state index < -0.39 is 6.10 Å². The molecule has 0 saturated carbocycles. The van der Waals surface area contributed by atoms with Gasteiger partial charge in [-0.2, -0.15) is 0 Å². The van der Waals surface area contributed by atoms with Crippen molar-refractivity contribution in [1.82, 2.24) is 0 Å². The number of esters is 2. The fraction of sp³-hybridized carbons (Fsp3) is 0.529. The lowest BCUT2D eigenvalue weighted by Crippen LogP contribution is -2.30. The van der Waals surface area contributed by atoms with Gasteiger partial charge in [-0.05, 0) is 63.8 Å². The van der Waals surface area contributed by atoms with Gasteiger partial charge in [-0.25, -0.2) is 4.79 Å². The van der Waals surface area contributed by atoms with Gasteiger partial charge in [-0.15, -0.1) is 0 Å². The third-order valence-corrected chi connectivity index (χ3v) is 6.08. The molecule has 0 aliphatic carbocycles. The normalized spacial score (nSPS) is 11.4. The molecule has 238 valence electrons. The lowest BCUT2D eigenvalue weighted by Gasteiger charge is -2.19. The second kappa shape index (κ2) is 23.0. The minimum Gasteiger partial charge on any atom is -0.494 e. The van der Waals surface area contributed by atoms with Crippen LogP contribution in [0.5, 0.6) is 17.2 Å². The molecule has 0 aliphatic rings. The number of unbranched alkanes of at least 4 members (excludes halogenated alkanes) is 4. The summed E-state index contributed by atoms with van der Waals surface area (Å²) in [7, 11) is 0. The van der Waals surface area contributed by atoms with Crippen LogP contribution in [-0.4, -0.2) is 70.9 Å². The van der Waals surface area contributed by atoms with Crippen molar-refractivity contribution in [3.8, 4) is 17.2 Å². The molecular weight excluding hydrogens is 552 g/mol. The van der Waals surface area contributed by atoms with Gasteiger partial charge in [0.2, 0.25) is 0 Å². The van der Waals surface area contributed by atoms with E-state index in [1.807, 2.05) is 61.5 Å². The summed E-state index contributed by atoms with van der Waals surface area (Å²) in [6.07, 6.45) is 4.62. The zero-order valence-corrected chi connectivity index (χ0v) is 25.8. The van der Waals surface area contributed by atoms with Crippen molar-refractivity contribution in [3.05, 3.63) is 66.7 Å². The maximum Gasteiger partial charge on any atom is 0.333 e. The van der Waals surface area contributed by atoms with Crippen LogP contribution in [0.25, 0.3) is 0 Å². The second-order valence-electron chi connectivity index (χ2n) is 9.97. The molecule has 43 heavy (non-hydrogen) atoms. The van der Waals surface area contributed by atoms with Gasteiger partial charge in [-0.3, -0.25) is 4.79 Å². The Balaban J connectivity index is 1.57. The SMILES string of the molecule is C=C(C)C(=O)OCCCCCCC(=O)OC(COCCCCOCCOc1cccc(OCC)c1)COc1ccccc1. The largest absolute Gasteiger partial charge is 0.494 e.